The fourth-order valence-electron chi connectivity index (χ4n) is 4.41. The van der Waals surface area contributed by atoms with E-state index in [9.17, 15) is 14.7 Å². The summed E-state index contributed by atoms with van der Waals surface area (Å²) in [6, 6.07) is 25.0. The molecule has 1 atom stereocenters. The third kappa shape index (κ3) is 7.68. The zero-order valence-corrected chi connectivity index (χ0v) is 22.9. The number of hydrogen-bond acceptors (Lipinski definition) is 4. The number of hydrogen-bond donors (Lipinski definition) is 2. The summed E-state index contributed by atoms with van der Waals surface area (Å²) in [7, 11) is 0. The molecule has 4 aromatic rings. The summed E-state index contributed by atoms with van der Waals surface area (Å²) in [6.07, 6.45) is 10.8. The number of carboxylic acids is 1. The lowest BCUT2D eigenvalue weighted by molar-refractivity contribution is -0.139. The Balaban J connectivity index is 1.62. The maximum absolute atomic E-state index is 13.3. The molecular formula is C33H32N2O3S. The number of aliphatic carboxylic acids is 1. The van der Waals surface area contributed by atoms with Gasteiger partial charge in [-0.15, -0.1) is 0 Å². The molecule has 0 aliphatic carbocycles. The maximum atomic E-state index is 13.3. The van der Waals surface area contributed by atoms with Gasteiger partial charge in [-0.1, -0.05) is 72.8 Å². The Labute approximate surface area is 234 Å². The molecule has 0 saturated heterocycles. The number of nitrogens with zero attached hydrogens (tertiary/aromatic N) is 1. The van der Waals surface area contributed by atoms with Crippen molar-refractivity contribution in [1.82, 2.24) is 10.3 Å². The molecule has 3 aromatic carbocycles. The first-order chi connectivity index (χ1) is 18.9. The minimum atomic E-state index is -1.03. The van der Waals surface area contributed by atoms with Crippen molar-refractivity contribution in [2.75, 3.05) is 12.0 Å². The van der Waals surface area contributed by atoms with Gasteiger partial charge in [0.05, 0.1) is 0 Å². The molecule has 1 aromatic heterocycles. The molecule has 0 saturated carbocycles. The van der Waals surface area contributed by atoms with Crippen LogP contribution in [0.25, 0.3) is 23.3 Å². The Morgan fingerprint density at radius 3 is 2.38 bits per heavy atom. The summed E-state index contributed by atoms with van der Waals surface area (Å²) in [4.78, 5) is 29.5. The Morgan fingerprint density at radius 2 is 1.64 bits per heavy atom. The minimum Gasteiger partial charge on any atom is -0.480 e. The van der Waals surface area contributed by atoms with E-state index in [0.29, 0.717) is 17.7 Å². The van der Waals surface area contributed by atoms with Crippen LogP contribution in [-0.2, 0) is 11.2 Å². The number of pyridine rings is 1. The van der Waals surface area contributed by atoms with Crippen LogP contribution in [0.5, 0.6) is 0 Å². The molecule has 0 aliphatic heterocycles. The fraction of sp³-hybridized carbons (Fsp3) is 0.182. The van der Waals surface area contributed by atoms with E-state index < -0.39 is 17.9 Å². The van der Waals surface area contributed by atoms with Gasteiger partial charge in [-0.3, -0.25) is 9.78 Å². The van der Waals surface area contributed by atoms with Crippen molar-refractivity contribution < 1.29 is 14.7 Å². The molecule has 0 bridgehead atoms. The van der Waals surface area contributed by atoms with Crippen molar-refractivity contribution >= 4 is 35.8 Å². The van der Waals surface area contributed by atoms with Gasteiger partial charge >= 0.3 is 5.97 Å². The lowest BCUT2D eigenvalue weighted by atomic mass is 9.93. The van der Waals surface area contributed by atoms with Crippen LogP contribution in [0.3, 0.4) is 0 Å². The van der Waals surface area contributed by atoms with Crippen molar-refractivity contribution in [2.24, 2.45) is 0 Å². The second-order valence-corrected chi connectivity index (χ2v) is 10.4. The molecule has 0 radical (unpaired) electrons. The van der Waals surface area contributed by atoms with E-state index in [1.165, 1.54) is 5.56 Å². The summed E-state index contributed by atoms with van der Waals surface area (Å²) >= 11 is 1.55. The number of aryl methyl sites for hydroxylation is 1. The van der Waals surface area contributed by atoms with E-state index in [4.69, 9.17) is 0 Å². The van der Waals surface area contributed by atoms with Crippen LogP contribution in [0.2, 0.25) is 0 Å². The molecule has 1 heterocycles. The van der Waals surface area contributed by atoms with Gasteiger partial charge in [-0.2, -0.15) is 11.8 Å². The highest BCUT2D eigenvalue weighted by atomic mass is 32.2. The van der Waals surface area contributed by atoms with Gasteiger partial charge in [0, 0.05) is 18.0 Å². The molecule has 39 heavy (non-hydrogen) atoms. The minimum absolute atomic E-state index is 0.361. The Kier molecular flexibility index (Phi) is 9.70. The molecule has 6 heteroatoms. The molecule has 1 unspecified atom stereocenters. The second kappa shape index (κ2) is 13.6. The predicted octanol–water partition coefficient (Wildman–Crippen LogP) is 6.75. The third-order valence-electron chi connectivity index (χ3n) is 6.47. The van der Waals surface area contributed by atoms with E-state index in [1.54, 1.807) is 17.8 Å². The number of rotatable bonds is 11. The number of amides is 1. The first-order valence-electron chi connectivity index (χ1n) is 12.8. The largest absolute Gasteiger partial charge is 0.480 e. The average Bonchev–Trinajstić information content (AvgIpc) is 2.95. The summed E-state index contributed by atoms with van der Waals surface area (Å²) in [5, 5.41) is 12.3. The summed E-state index contributed by atoms with van der Waals surface area (Å²) in [5.74, 6) is -0.778. The van der Waals surface area contributed by atoms with Gasteiger partial charge < -0.3 is 10.4 Å². The lowest BCUT2D eigenvalue weighted by Gasteiger charge is -2.17. The summed E-state index contributed by atoms with van der Waals surface area (Å²) < 4.78 is 0. The predicted molar refractivity (Wildman–Crippen MR) is 161 cm³/mol. The number of aromatic nitrogens is 1. The molecule has 0 fully saturated rings. The van der Waals surface area contributed by atoms with Gasteiger partial charge in [-0.25, -0.2) is 4.79 Å². The standard InChI is InChI=1S/C33H32N2O3S/c1-23-8-6-7-11-28(23)30-20-25(14-15-29(30)32(36)35-31(33(37)38)16-17-39-2)12-13-26-19-27(22-34-21-26)18-24-9-4-3-5-10-24/h3-15,19-22,31H,16-18H2,1-2H3,(H,35,36)(H,37,38)/b13-12+. The van der Waals surface area contributed by atoms with Crippen molar-refractivity contribution in [2.45, 2.75) is 25.8 Å². The molecule has 198 valence electrons. The van der Waals surface area contributed by atoms with Crippen LogP contribution in [0.15, 0.2) is 91.3 Å². The highest BCUT2D eigenvalue weighted by Crippen LogP contribution is 2.29. The SMILES string of the molecule is CSCCC(NC(=O)c1ccc(/C=C/c2cncc(Cc3ccccc3)c2)cc1-c1ccccc1C)C(=O)O. The first kappa shape index (κ1) is 27.9. The van der Waals surface area contributed by atoms with Crippen molar-refractivity contribution in [3.05, 3.63) is 125 Å². The van der Waals surface area contributed by atoms with Crippen LogP contribution in [0, 0.1) is 6.92 Å². The Hall–Kier alpha value is -4.16. The first-order valence-corrected chi connectivity index (χ1v) is 14.2. The van der Waals surface area contributed by atoms with Gasteiger partial charge in [0.15, 0.2) is 0 Å². The van der Waals surface area contributed by atoms with Gasteiger partial charge in [0.25, 0.3) is 5.91 Å². The maximum Gasteiger partial charge on any atom is 0.326 e. The van der Waals surface area contributed by atoms with E-state index in [-0.39, 0.29) is 0 Å². The number of carbonyl (C=O) groups excluding carboxylic acids is 1. The highest BCUT2D eigenvalue weighted by Gasteiger charge is 2.22. The summed E-state index contributed by atoms with van der Waals surface area (Å²) in [5.41, 5.74) is 7.45. The van der Waals surface area contributed by atoms with E-state index >= 15 is 0 Å². The van der Waals surface area contributed by atoms with Crippen molar-refractivity contribution in [3.8, 4) is 11.1 Å². The third-order valence-corrected chi connectivity index (χ3v) is 7.12. The van der Waals surface area contributed by atoms with Crippen LogP contribution < -0.4 is 5.32 Å². The normalized spacial score (nSPS) is 11.8. The zero-order valence-electron chi connectivity index (χ0n) is 22.1. The quantitative estimate of drug-likeness (QED) is 0.222. The van der Waals surface area contributed by atoms with Crippen LogP contribution >= 0.6 is 11.8 Å². The lowest BCUT2D eigenvalue weighted by Crippen LogP contribution is -2.41. The van der Waals surface area contributed by atoms with Crippen molar-refractivity contribution in [3.63, 3.8) is 0 Å². The molecule has 4 rings (SSSR count). The van der Waals surface area contributed by atoms with E-state index in [1.807, 2.05) is 92.3 Å². The average molecular weight is 537 g/mol. The number of carbonyl (C=O) groups is 2. The number of carboxylic acid groups (broad SMARTS) is 1. The molecular weight excluding hydrogens is 504 g/mol. The van der Waals surface area contributed by atoms with Gasteiger partial charge in [0.2, 0.25) is 0 Å². The number of thioether (sulfide) groups is 1. The second-order valence-electron chi connectivity index (χ2n) is 9.39. The van der Waals surface area contributed by atoms with Crippen molar-refractivity contribution in [1.29, 1.82) is 0 Å². The smallest absolute Gasteiger partial charge is 0.326 e. The monoisotopic (exact) mass is 536 g/mol. The molecule has 0 spiro atoms. The van der Waals surface area contributed by atoms with Gasteiger partial charge in [-0.05, 0) is 88.9 Å². The van der Waals surface area contributed by atoms with Gasteiger partial charge in [0.1, 0.15) is 6.04 Å². The van der Waals surface area contributed by atoms with E-state index in [2.05, 4.69) is 28.5 Å². The van der Waals surface area contributed by atoms with Crippen LogP contribution in [0.1, 0.15) is 44.6 Å². The summed E-state index contributed by atoms with van der Waals surface area (Å²) in [6.45, 7) is 2.00. The molecule has 1 amide bonds. The topological polar surface area (TPSA) is 79.3 Å². The Morgan fingerprint density at radius 1 is 0.897 bits per heavy atom. The van der Waals surface area contributed by atoms with Crippen LogP contribution in [0.4, 0.5) is 0 Å². The Bertz CT molecular complexity index is 1470. The molecule has 2 N–H and O–H groups in total. The number of nitrogens with one attached hydrogen (secondary N) is 1. The van der Waals surface area contributed by atoms with Crippen LogP contribution in [-0.4, -0.2) is 40.0 Å². The zero-order chi connectivity index (χ0) is 27.6. The highest BCUT2D eigenvalue weighted by molar-refractivity contribution is 7.98. The number of benzene rings is 3. The molecule has 5 nitrogen and oxygen atoms in total. The molecule has 0 aliphatic rings. The van der Waals surface area contributed by atoms with E-state index in [0.717, 1.165) is 39.8 Å². The fourth-order valence-corrected chi connectivity index (χ4v) is 4.88.